The van der Waals surface area contributed by atoms with Crippen LogP contribution in [-0.2, 0) is 16.1 Å². The molecule has 0 aliphatic rings. The molecule has 0 unspecified atom stereocenters. The number of methoxy groups -OCH3 is 1. The third-order valence-electron chi connectivity index (χ3n) is 3.58. The lowest BCUT2D eigenvalue weighted by atomic mass is 10.2. The zero-order valence-electron chi connectivity index (χ0n) is 15.6. The number of hydrogen-bond acceptors (Lipinski definition) is 7. The Balaban J connectivity index is 1.83. The lowest BCUT2D eigenvalue weighted by molar-refractivity contribution is 0.141. The molecule has 0 saturated heterocycles. The summed E-state index contributed by atoms with van der Waals surface area (Å²) >= 11 is 0. The number of aryl methyl sites for hydroxylation is 1. The molecule has 0 aliphatic carbocycles. The van der Waals surface area contributed by atoms with Crippen LogP contribution in [0, 0.1) is 0 Å². The average molecular weight is 356 g/mol. The number of nitrogens with zero attached hydrogens (tertiary/aromatic N) is 4. The van der Waals surface area contributed by atoms with Gasteiger partial charge in [0, 0.05) is 11.8 Å². The van der Waals surface area contributed by atoms with Gasteiger partial charge in [-0.3, -0.25) is 4.98 Å². The molecule has 2 rings (SSSR count). The molecule has 7 nitrogen and oxygen atoms in total. The van der Waals surface area contributed by atoms with E-state index in [1.165, 1.54) is 7.11 Å². The summed E-state index contributed by atoms with van der Waals surface area (Å²) in [5, 5.41) is 8.02. The van der Waals surface area contributed by atoms with E-state index in [1.54, 1.807) is 13.2 Å². The maximum atomic E-state index is 5.40. The number of hydrogen-bond donors (Lipinski definition) is 0. The molecule has 0 atom stereocenters. The first kappa shape index (κ1) is 19.4. The van der Waals surface area contributed by atoms with Crippen LogP contribution in [0.1, 0.15) is 37.4 Å². The van der Waals surface area contributed by atoms with Crippen molar-refractivity contribution in [1.29, 1.82) is 0 Å². The first-order chi connectivity index (χ1) is 12.6. The second-order valence-corrected chi connectivity index (χ2v) is 5.55. The zero-order chi connectivity index (χ0) is 18.8. The highest BCUT2D eigenvalue weighted by Gasteiger charge is 2.04. The third-order valence-corrected chi connectivity index (χ3v) is 3.58. The van der Waals surface area contributed by atoms with E-state index in [9.17, 15) is 0 Å². The van der Waals surface area contributed by atoms with Crippen molar-refractivity contribution >= 4 is 11.4 Å². The second-order valence-electron chi connectivity index (χ2n) is 5.55. The van der Waals surface area contributed by atoms with Crippen LogP contribution < -0.4 is 4.74 Å². The van der Waals surface area contributed by atoms with Crippen LogP contribution in [0.5, 0.6) is 5.88 Å². The summed E-state index contributed by atoms with van der Waals surface area (Å²) in [5.74, 6) is 0.551. The van der Waals surface area contributed by atoms with Gasteiger partial charge in [-0.1, -0.05) is 22.4 Å². The van der Waals surface area contributed by atoms with E-state index < -0.39 is 0 Å². The van der Waals surface area contributed by atoms with Gasteiger partial charge in [0.25, 0.3) is 0 Å². The van der Waals surface area contributed by atoms with Gasteiger partial charge >= 0.3 is 0 Å². The highest BCUT2D eigenvalue weighted by atomic mass is 16.6. The minimum Gasteiger partial charge on any atom is -0.481 e. The van der Waals surface area contributed by atoms with Gasteiger partial charge in [-0.05, 0) is 44.9 Å². The monoisotopic (exact) mass is 356 g/mol. The molecule has 0 radical (unpaired) electrons. The third kappa shape index (κ3) is 5.84. The van der Waals surface area contributed by atoms with E-state index in [-0.39, 0.29) is 0 Å². The molecule has 0 aliphatic heterocycles. The molecule has 138 valence electrons. The Bertz CT molecular complexity index is 775. The summed E-state index contributed by atoms with van der Waals surface area (Å²) in [6.07, 6.45) is 1.60. The second kappa shape index (κ2) is 10.1. The van der Waals surface area contributed by atoms with Gasteiger partial charge in [-0.15, -0.1) is 0 Å². The maximum absolute atomic E-state index is 5.40. The topological polar surface area (TPSA) is 78.2 Å². The van der Waals surface area contributed by atoms with Crippen LogP contribution in [-0.4, -0.2) is 42.2 Å². The molecule has 0 spiro atoms. The SMILES string of the molecule is CO/N=C(\C)c1cccc(CCCO/N=C(\C)c2cccc(OC)n2)n1. The largest absolute Gasteiger partial charge is 0.481 e. The van der Waals surface area contributed by atoms with Crippen molar-refractivity contribution in [2.24, 2.45) is 10.3 Å². The number of aromatic nitrogens is 2. The smallest absolute Gasteiger partial charge is 0.213 e. The molecular weight excluding hydrogens is 332 g/mol. The zero-order valence-corrected chi connectivity index (χ0v) is 15.6. The number of ether oxygens (including phenoxy) is 1. The molecule has 0 fully saturated rings. The standard InChI is InChI=1S/C19H24N4O3/c1-14(22-25-4)17-10-5-8-16(20-17)9-7-13-26-23-15(2)18-11-6-12-19(21-18)24-3/h5-6,8,10-12H,7,9,13H2,1-4H3/b22-14+,23-15+. The fraction of sp³-hybridized carbons (Fsp3) is 0.368. The Kier molecular flexibility index (Phi) is 7.54. The van der Waals surface area contributed by atoms with Gasteiger partial charge in [0.15, 0.2) is 0 Å². The molecular formula is C19H24N4O3. The summed E-state index contributed by atoms with van der Waals surface area (Å²) in [5.41, 5.74) is 3.97. The van der Waals surface area contributed by atoms with Gasteiger partial charge in [-0.2, -0.15) is 0 Å². The van der Waals surface area contributed by atoms with Crippen LogP contribution in [0.3, 0.4) is 0 Å². The molecule has 2 aromatic heterocycles. The van der Waals surface area contributed by atoms with E-state index in [0.717, 1.165) is 35.6 Å². The number of pyridine rings is 2. The Morgan fingerprint density at radius 1 is 0.923 bits per heavy atom. The first-order valence-electron chi connectivity index (χ1n) is 8.36. The molecule has 0 aromatic carbocycles. The summed E-state index contributed by atoms with van der Waals surface area (Å²) in [6.45, 7) is 4.21. The Morgan fingerprint density at radius 2 is 1.62 bits per heavy atom. The van der Waals surface area contributed by atoms with Crippen LogP contribution >= 0.6 is 0 Å². The summed E-state index contributed by atoms with van der Waals surface area (Å²) in [7, 11) is 3.11. The maximum Gasteiger partial charge on any atom is 0.213 e. The molecule has 2 aromatic rings. The molecule has 0 bridgehead atoms. The molecule has 7 heteroatoms. The van der Waals surface area contributed by atoms with E-state index in [0.29, 0.717) is 18.2 Å². The summed E-state index contributed by atoms with van der Waals surface area (Å²) in [6, 6.07) is 11.4. The fourth-order valence-corrected chi connectivity index (χ4v) is 2.24. The van der Waals surface area contributed by atoms with Crippen molar-refractivity contribution in [1.82, 2.24) is 9.97 Å². The van der Waals surface area contributed by atoms with Crippen molar-refractivity contribution < 1.29 is 14.4 Å². The number of oxime groups is 2. The Labute approximate surface area is 153 Å². The number of rotatable bonds is 9. The lowest BCUT2D eigenvalue weighted by Gasteiger charge is -2.05. The van der Waals surface area contributed by atoms with Crippen LogP contribution in [0.15, 0.2) is 46.7 Å². The van der Waals surface area contributed by atoms with E-state index >= 15 is 0 Å². The van der Waals surface area contributed by atoms with Gasteiger partial charge in [0.1, 0.15) is 25.1 Å². The van der Waals surface area contributed by atoms with E-state index in [4.69, 9.17) is 14.4 Å². The summed E-state index contributed by atoms with van der Waals surface area (Å²) in [4.78, 5) is 19.1. The predicted molar refractivity (Wildman–Crippen MR) is 101 cm³/mol. The minimum atomic E-state index is 0.498. The van der Waals surface area contributed by atoms with Crippen molar-refractivity contribution in [3.8, 4) is 5.88 Å². The van der Waals surface area contributed by atoms with E-state index in [2.05, 4.69) is 20.3 Å². The predicted octanol–water partition coefficient (Wildman–Crippen LogP) is 3.23. The van der Waals surface area contributed by atoms with Gasteiger partial charge < -0.3 is 14.4 Å². The molecule has 0 saturated carbocycles. The minimum absolute atomic E-state index is 0.498. The quantitative estimate of drug-likeness (QED) is 0.392. The van der Waals surface area contributed by atoms with Crippen LogP contribution in [0.25, 0.3) is 0 Å². The molecule has 26 heavy (non-hydrogen) atoms. The van der Waals surface area contributed by atoms with E-state index in [1.807, 2.05) is 44.2 Å². The van der Waals surface area contributed by atoms with Crippen molar-refractivity contribution in [2.75, 3.05) is 20.8 Å². The first-order valence-corrected chi connectivity index (χ1v) is 8.36. The lowest BCUT2D eigenvalue weighted by Crippen LogP contribution is -2.04. The van der Waals surface area contributed by atoms with Crippen molar-refractivity contribution in [2.45, 2.75) is 26.7 Å². The van der Waals surface area contributed by atoms with Crippen molar-refractivity contribution in [3.63, 3.8) is 0 Å². The summed E-state index contributed by atoms with van der Waals surface area (Å²) < 4.78 is 5.11. The highest BCUT2D eigenvalue weighted by molar-refractivity contribution is 5.97. The van der Waals surface area contributed by atoms with Gasteiger partial charge in [0.2, 0.25) is 5.88 Å². The van der Waals surface area contributed by atoms with Gasteiger partial charge in [0.05, 0.1) is 18.5 Å². The molecule has 0 N–H and O–H groups in total. The highest BCUT2D eigenvalue weighted by Crippen LogP contribution is 2.08. The van der Waals surface area contributed by atoms with Crippen LogP contribution in [0.2, 0.25) is 0 Å². The van der Waals surface area contributed by atoms with Gasteiger partial charge in [-0.25, -0.2) is 4.98 Å². The molecule has 2 heterocycles. The Morgan fingerprint density at radius 3 is 2.35 bits per heavy atom. The molecule has 0 amide bonds. The fourth-order valence-electron chi connectivity index (χ4n) is 2.24. The van der Waals surface area contributed by atoms with Crippen LogP contribution in [0.4, 0.5) is 0 Å². The normalized spacial score (nSPS) is 12.0. The Hall–Kier alpha value is -2.96. The average Bonchev–Trinajstić information content (AvgIpc) is 2.68. The van der Waals surface area contributed by atoms with Crippen molar-refractivity contribution in [3.05, 3.63) is 53.5 Å².